The Morgan fingerprint density at radius 2 is 1.95 bits per heavy atom. The van der Waals surface area contributed by atoms with Crippen LogP contribution in [0, 0.1) is 5.92 Å². The average Bonchev–Trinajstić information content (AvgIpc) is 3.33. The number of benzene rings is 2. The molecule has 7 rings (SSSR count). The number of methoxy groups -OCH3 is 1. The highest BCUT2D eigenvalue weighted by atomic mass is 32.2. The number of aromatic amines is 1. The van der Waals surface area contributed by atoms with Crippen LogP contribution in [0.4, 0.5) is 0 Å². The summed E-state index contributed by atoms with van der Waals surface area (Å²) >= 11 is 2.07. The number of nitrogens with one attached hydrogen (secondary N) is 1. The summed E-state index contributed by atoms with van der Waals surface area (Å²) in [7, 11) is 1.64. The molecule has 1 spiro atoms. The molecule has 3 heterocycles. The first-order valence-electron chi connectivity index (χ1n) is 14.4. The Kier molecular flexibility index (Phi) is 6.63. The van der Waals surface area contributed by atoms with Crippen LogP contribution in [-0.2, 0) is 5.41 Å². The molecule has 40 heavy (non-hydrogen) atoms. The first-order chi connectivity index (χ1) is 19.6. The molecule has 0 radical (unpaired) electrons. The van der Waals surface area contributed by atoms with E-state index in [1.807, 2.05) is 41.3 Å². The van der Waals surface area contributed by atoms with E-state index in [1.54, 1.807) is 13.2 Å². The van der Waals surface area contributed by atoms with Gasteiger partial charge in [-0.25, -0.2) is 0 Å². The van der Waals surface area contributed by atoms with E-state index >= 15 is 0 Å². The van der Waals surface area contributed by atoms with Gasteiger partial charge in [0.25, 0.3) is 5.91 Å². The summed E-state index contributed by atoms with van der Waals surface area (Å²) in [6, 6.07) is 13.6. The zero-order chi connectivity index (χ0) is 27.3. The summed E-state index contributed by atoms with van der Waals surface area (Å²) in [5, 5.41) is 0.900. The zero-order valence-corrected chi connectivity index (χ0v) is 23.7. The van der Waals surface area contributed by atoms with Crippen LogP contribution in [0.5, 0.6) is 11.5 Å². The fourth-order valence-electron chi connectivity index (χ4n) is 6.90. The van der Waals surface area contributed by atoms with Crippen molar-refractivity contribution in [1.82, 2.24) is 14.8 Å². The Morgan fingerprint density at radius 3 is 2.85 bits per heavy atom. The van der Waals surface area contributed by atoms with Gasteiger partial charge in [0.05, 0.1) is 7.11 Å². The molecule has 1 amide bonds. The lowest BCUT2D eigenvalue weighted by molar-refractivity contribution is 0.0806. The number of amides is 1. The van der Waals surface area contributed by atoms with E-state index in [1.165, 1.54) is 30.8 Å². The number of carbonyl (C=O) groups is 2. The van der Waals surface area contributed by atoms with E-state index in [9.17, 15) is 9.59 Å². The number of likely N-dealkylation sites (tertiary alicyclic amines) is 1. The van der Waals surface area contributed by atoms with Crippen LogP contribution in [0.25, 0.3) is 10.9 Å². The van der Waals surface area contributed by atoms with Crippen molar-refractivity contribution in [3.63, 3.8) is 0 Å². The summed E-state index contributed by atoms with van der Waals surface area (Å²) < 4.78 is 11.9. The molecule has 3 fully saturated rings. The third kappa shape index (κ3) is 4.32. The lowest BCUT2D eigenvalue weighted by atomic mass is 9.81. The molecule has 8 heteroatoms. The number of allylic oxidation sites excluding steroid dienone is 2. The zero-order valence-electron chi connectivity index (χ0n) is 22.9. The van der Waals surface area contributed by atoms with E-state index < -0.39 is 0 Å². The highest BCUT2D eigenvalue weighted by Crippen LogP contribution is 2.66. The van der Waals surface area contributed by atoms with Crippen LogP contribution >= 0.6 is 11.8 Å². The molecular formula is C32H35N3O4S. The number of ketones is 1. The van der Waals surface area contributed by atoms with Gasteiger partial charge in [-0.1, -0.05) is 24.3 Å². The number of hydrogen-bond donors (Lipinski definition) is 1. The lowest BCUT2D eigenvalue weighted by Crippen LogP contribution is -2.33. The maximum absolute atomic E-state index is 13.8. The second-order valence-corrected chi connectivity index (χ2v) is 12.6. The molecule has 2 atom stereocenters. The van der Waals surface area contributed by atoms with Crippen molar-refractivity contribution in [2.45, 2.75) is 31.1 Å². The first kappa shape index (κ1) is 25.7. The highest BCUT2D eigenvalue weighted by Gasteiger charge is 2.67. The standard InChI is InChI=1S/C32H35N3O4S/c1-38-28-17-25-21(16-29(28)39-12-11-34-9-4-5-13-40-14-6-10-34)15-26(33-25)31(37)35-20-22-19-32(22)24-8-3-2-7-23(24)27(36)18-30(32)35/h2-3,7-8,15-18,22,33H,4-6,9-14,19-20H2,1H3. The molecule has 1 N–H and O–H groups in total. The Morgan fingerprint density at radius 1 is 1.10 bits per heavy atom. The summed E-state index contributed by atoms with van der Waals surface area (Å²) in [5.41, 5.74) is 3.83. The summed E-state index contributed by atoms with van der Waals surface area (Å²) in [6.45, 7) is 4.34. The number of carbonyl (C=O) groups excluding carboxylic acids is 2. The van der Waals surface area contributed by atoms with Gasteiger partial charge in [0.15, 0.2) is 17.3 Å². The van der Waals surface area contributed by atoms with Crippen LogP contribution in [-0.4, -0.2) is 77.9 Å². The van der Waals surface area contributed by atoms with Crippen LogP contribution in [0.1, 0.15) is 52.1 Å². The van der Waals surface area contributed by atoms with Gasteiger partial charge in [-0.15, -0.1) is 0 Å². The second kappa shape index (κ2) is 10.3. The molecule has 3 aromatic rings. The molecule has 2 aromatic carbocycles. The number of rotatable bonds is 6. The van der Waals surface area contributed by atoms with Gasteiger partial charge in [-0.3, -0.25) is 14.5 Å². The largest absolute Gasteiger partial charge is 0.493 e. The molecule has 1 saturated carbocycles. The third-order valence-corrected chi connectivity index (χ3v) is 10.2. The van der Waals surface area contributed by atoms with E-state index in [-0.39, 0.29) is 17.1 Å². The molecule has 0 bridgehead atoms. The number of hydrogen-bond acceptors (Lipinski definition) is 6. The van der Waals surface area contributed by atoms with Crippen LogP contribution in [0.2, 0.25) is 0 Å². The quantitative estimate of drug-likeness (QED) is 0.445. The molecule has 2 saturated heterocycles. The average molecular weight is 558 g/mol. The van der Waals surface area contributed by atoms with Crippen molar-refractivity contribution >= 4 is 34.4 Å². The van der Waals surface area contributed by atoms with Crippen molar-refractivity contribution in [2.24, 2.45) is 5.92 Å². The molecule has 2 aliphatic heterocycles. The normalized spacial score (nSPS) is 24.3. The summed E-state index contributed by atoms with van der Waals surface area (Å²) in [5.74, 6) is 4.07. The second-order valence-electron chi connectivity index (χ2n) is 11.4. The first-order valence-corrected chi connectivity index (χ1v) is 15.6. The van der Waals surface area contributed by atoms with Gasteiger partial charge in [0.2, 0.25) is 0 Å². The number of nitrogens with zero attached hydrogens (tertiary/aromatic N) is 2. The summed E-state index contributed by atoms with van der Waals surface area (Å²) in [6.07, 6.45) is 6.42. The Bertz CT molecular complexity index is 1500. The Hall–Kier alpha value is -3.23. The number of fused-ring (bicyclic) bond motifs is 2. The SMILES string of the molecule is COc1cc2[nH]c(C(=O)N3CC4CC45C3=CC(=O)c3ccccc35)cc2cc1OCCN1CCCCSCCC1. The smallest absolute Gasteiger partial charge is 0.274 e. The number of aromatic nitrogens is 1. The van der Waals surface area contributed by atoms with E-state index in [0.29, 0.717) is 36.3 Å². The van der Waals surface area contributed by atoms with Gasteiger partial charge in [0.1, 0.15) is 12.3 Å². The predicted octanol–water partition coefficient (Wildman–Crippen LogP) is 5.27. The minimum atomic E-state index is -0.194. The van der Waals surface area contributed by atoms with Gasteiger partial charge < -0.3 is 19.4 Å². The van der Waals surface area contributed by atoms with Crippen molar-refractivity contribution < 1.29 is 19.1 Å². The number of ether oxygens (including phenoxy) is 2. The van der Waals surface area contributed by atoms with Crippen molar-refractivity contribution in [2.75, 3.05) is 51.4 Å². The molecular weight excluding hydrogens is 522 g/mol. The van der Waals surface area contributed by atoms with Gasteiger partial charge in [-0.05, 0) is 73.9 Å². The molecule has 7 nitrogen and oxygen atoms in total. The number of piperidine rings is 1. The van der Waals surface area contributed by atoms with E-state index in [0.717, 1.165) is 53.8 Å². The Balaban J connectivity index is 1.09. The molecule has 2 aliphatic carbocycles. The van der Waals surface area contributed by atoms with Gasteiger partial charge >= 0.3 is 0 Å². The van der Waals surface area contributed by atoms with Crippen molar-refractivity contribution in [3.05, 3.63) is 71.1 Å². The summed E-state index contributed by atoms with van der Waals surface area (Å²) in [4.78, 5) is 34.3. The van der Waals surface area contributed by atoms with Crippen LogP contribution in [0.3, 0.4) is 0 Å². The fraction of sp³-hybridized carbons (Fsp3) is 0.438. The third-order valence-electron chi connectivity index (χ3n) is 9.02. The van der Waals surface area contributed by atoms with Crippen LogP contribution in [0.15, 0.2) is 54.2 Å². The van der Waals surface area contributed by atoms with Gasteiger partial charge in [-0.2, -0.15) is 11.8 Å². The molecule has 1 aromatic heterocycles. The minimum Gasteiger partial charge on any atom is -0.493 e. The van der Waals surface area contributed by atoms with Crippen molar-refractivity contribution in [3.8, 4) is 11.5 Å². The van der Waals surface area contributed by atoms with Crippen molar-refractivity contribution in [1.29, 1.82) is 0 Å². The minimum absolute atomic E-state index is 0.0186. The maximum Gasteiger partial charge on any atom is 0.274 e. The molecule has 208 valence electrons. The highest BCUT2D eigenvalue weighted by molar-refractivity contribution is 7.99. The monoisotopic (exact) mass is 557 g/mol. The lowest BCUT2D eigenvalue weighted by Gasteiger charge is -2.29. The Labute approximate surface area is 238 Å². The number of thioether (sulfide) groups is 1. The van der Waals surface area contributed by atoms with Gasteiger partial charge in [0, 0.05) is 52.8 Å². The maximum atomic E-state index is 13.8. The number of H-pyrrole nitrogens is 1. The van der Waals surface area contributed by atoms with Crippen LogP contribution < -0.4 is 9.47 Å². The topological polar surface area (TPSA) is 74.9 Å². The predicted molar refractivity (Wildman–Crippen MR) is 158 cm³/mol. The molecule has 4 aliphatic rings. The van der Waals surface area contributed by atoms with E-state index in [4.69, 9.17) is 9.47 Å². The van der Waals surface area contributed by atoms with E-state index in [2.05, 4.69) is 27.7 Å². The molecule has 2 unspecified atom stereocenters. The fourth-order valence-corrected chi connectivity index (χ4v) is 7.85.